The molecule has 0 saturated carbocycles. The first kappa shape index (κ1) is 13.5. The lowest BCUT2D eigenvalue weighted by Gasteiger charge is -1.98. The van der Waals surface area contributed by atoms with Gasteiger partial charge in [-0.05, 0) is 42.5 Å². The minimum absolute atomic E-state index is 0.160. The standard InChI is InChI=1S/C14H7Br2FN2O/c15-9-3-1-8(2-4-9)13-18-19-14(20-13)11-6-5-10(16)7-12(11)17/h1-7H. The highest BCUT2D eigenvalue weighted by atomic mass is 79.9. The summed E-state index contributed by atoms with van der Waals surface area (Å²) in [7, 11) is 0. The maximum Gasteiger partial charge on any atom is 0.251 e. The summed E-state index contributed by atoms with van der Waals surface area (Å²) in [4.78, 5) is 0. The Bertz CT molecular complexity index is 756. The summed E-state index contributed by atoms with van der Waals surface area (Å²) in [5.74, 6) is 0.105. The second kappa shape index (κ2) is 5.46. The smallest absolute Gasteiger partial charge is 0.251 e. The van der Waals surface area contributed by atoms with E-state index in [1.807, 2.05) is 24.3 Å². The van der Waals surface area contributed by atoms with Gasteiger partial charge in [0.05, 0.1) is 5.56 Å². The summed E-state index contributed by atoms with van der Waals surface area (Å²) in [5, 5.41) is 7.84. The van der Waals surface area contributed by atoms with Gasteiger partial charge in [-0.1, -0.05) is 31.9 Å². The molecule has 0 aliphatic carbocycles. The van der Waals surface area contributed by atoms with Crippen molar-refractivity contribution in [2.45, 2.75) is 0 Å². The number of aromatic nitrogens is 2. The van der Waals surface area contributed by atoms with Gasteiger partial charge in [-0.3, -0.25) is 0 Å². The van der Waals surface area contributed by atoms with E-state index in [0.717, 1.165) is 10.0 Å². The molecule has 1 heterocycles. The van der Waals surface area contributed by atoms with Gasteiger partial charge in [-0.15, -0.1) is 10.2 Å². The second-order valence-corrected chi connectivity index (χ2v) is 5.87. The van der Waals surface area contributed by atoms with Crippen molar-refractivity contribution in [2.24, 2.45) is 0 Å². The third kappa shape index (κ3) is 2.66. The molecule has 0 N–H and O–H groups in total. The van der Waals surface area contributed by atoms with Crippen molar-refractivity contribution < 1.29 is 8.81 Å². The monoisotopic (exact) mass is 396 g/mol. The predicted octanol–water partition coefficient (Wildman–Crippen LogP) is 5.07. The lowest BCUT2D eigenvalue weighted by molar-refractivity contribution is 0.570. The van der Waals surface area contributed by atoms with E-state index in [9.17, 15) is 4.39 Å². The van der Waals surface area contributed by atoms with Gasteiger partial charge >= 0.3 is 0 Å². The van der Waals surface area contributed by atoms with Gasteiger partial charge in [0.2, 0.25) is 5.89 Å². The third-order valence-electron chi connectivity index (χ3n) is 2.68. The molecule has 0 radical (unpaired) electrons. The number of hydrogen-bond donors (Lipinski definition) is 0. The Kier molecular flexibility index (Phi) is 3.67. The summed E-state index contributed by atoms with van der Waals surface area (Å²) < 4.78 is 21.0. The molecule has 3 aromatic rings. The van der Waals surface area contributed by atoms with Crippen molar-refractivity contribution in [3.63, 3.8) is 0 Å². The van der Waals surface area contributed by atoms with E-state index in [2.05, 4.69) is 42.1 Å². The molecule has 0 atom stereocenters. The average Bonchev–Trinajstić information content (AvgIpc) is 2.89. The molecule has 0 amide bonds. The highest BCUT2D eigenvalue weighted by Crippen LogP contribution is 2.28. The molecular formula is C14H7Br2FN2O. The van der Waals surface area contributed by atoms with Crippen LogP contribution in [0.25, 0.3) is 22.9 Å². The van der Waals surface area contributed by atoms with E-state index in [-0.39, 0.29) is 11.5 Å². The van der Waals surface area contributed by atoms with Crippen LogP contribution in [0.2, 0.25) is 0 Å². The molecular weight excluding hydrogens is 391 g/mol. The SMILES string of the molecule is Fc1cc(Br)ccc1-c1nnc(-c2ccc(Br)cc2)o1. The number of rotatable bonds is 2. The van der Waals surface area contributed by atoms with Crippen molar-refractivity contribution in [2.75, 3.05) is 0 Å². The molecule has 0 spiro atoms. The van der Waals surface area contributed by atoms with E-state index in [1.54, 1.807) is 12.1 Å². The van der Waals surface area contributed by atoms with Crippen molar-refractivity contribution in [1.82, 2.24) is 10.2 Å². The van der Waals surface area contributed by atoms with Crippen LogP contribution in [0, 0.1) is 5.82 Å². The first-order chi connectivity index (χ1) is 9.63. The quantitative estimate of drug-likeness (QED) is 0.606. The van der Waals surface area contributed by atoms with E-state index in [4.69, 9.17) is 4.42 Å². The van der Waals surface area contributed by atoms with Crippen LogP contribution in [0.4, 0.5) is 4.39 Å². The summed E-state index contributed by atoms with van der Waals surface area (Å²) in [6.45, 7) is 0. The fraction of sp³-hybridized carbons (Fsp3) is 0. The van der Waals surface area contributed by atoms with Crippen molar-refractivity contribution in [1.29, 1.82) is 0 Å². The molecule has 0 aliphatic rings. The fourth-order valence-electron chi connectivity index (χ4n) is 1.70. The first-order valence-electron chi connectivity index (χ1n) is 5.68. The Hall–Kier alpha value is -1.53. The van der Waals surface area contributed by atoms with E-state index < -0.39 is 5.82 Å². The van der Waals surface area contributed by atoms with Crippen LogP contribution in [0.5, 0.6) is 0 Å². The molecule has 100 valence electrons. The van der Waals surface area contributed by atoms with Crippen LogP contribution < -0.4 is 0 Å². The minimum atomic E-state index is -0.412. The van der Waals surface area contributed by atoms with Crippen LogP contribution in [0.3, 0.4) is 0 Å². The highest BCUT2D eigenvalue weighted by molar-refractivity contribution is 9.10. The zero-order valence-electron chi connectivity index (χ0n) is 9.98. The number of nitrogens with zero attached hydrogens (tertiary/aromatic N) is 2. The highest BCUT2D eigenvalue weighted by Gasteiger charge is 2.14. The van der Waals surface area contributed by atoms with Gasteiger partial charge in [0.25, 0.3) is 5.89 Å². The number of benzene rings is 2. The molecule has 0 aliphatic heterocycles. The van der Waals surface area contributed by atoms with E-state index in [1.165, 1.54) is 6.07 Å². The van der Waals surface area contributed by atoms with E-state index in [0.29, 0.717) is 10.4 Å². The van der Waals surface area contributed by atoms with Crippen molar-refractivity contribution >= 4 is 31.9 Å². The van der Waals surface area contributed by atoms with Crippen molar-refractivity contribution in [3.8, 4) is 22.9 Å². The molecule has 20 heavy (non-hydrogen) atoms. The van der Waals surface area contributed by atoms with Crippen LogP contribution in [0.1, 0.15) is 0 Å². The van der Waals surface area contributed by atoms with Crippen molar-refractivity contribution in [3.05, 3.63) is 57.2 Å². The Morgan fingerprint density at radius 1 is 0.850 bits per heavy atom. The van der Waals surface area contributed by atoms with Crippen LogP contribution >= 0.6 is 31.9 Å². The fourth-order valence-corrected chi connectivity index (χ4v) is 2.30. The Morgan fingerprint density at radius 3 is 2.20 bits per heavy atom. The molecule has 3 nitrogen and oxygen atoms in total. The zero-order valence-corrected chi connectivity index (χ0v) is 13.2. The predicted molar refractivity (Wildman–Crippen MR) is 80.5 cm³/mol. The zero-order chi connectivity index (χ0) is 14.1. The summed E-state index contributed by atoms with van der Waals surface area (Å²) in [6.07, 6.45) is 0. The molecule has 6 heteroatoms. The maximum atomic E-state index is 13.8. The van der Waals surface area contributed by atoms with Gasteiger partial charge in [0.15, 0.2) is 0 Å². The van der Waals surface area contributed by atoms with Gasteiger partial charge in [-0.25, -0.2) is 4.39 Å². The average molecular weight is 398 g/mol. The largest absolute Gasteiger partial charge is 0.416 e. The molecule has 1 aromatic heterocycles. The topological polar surface area (TPSA) is 38.9 Å². The van der Waals surface area contributed by atoms with Crippen LogP contribution in [0.15, 0.2) is 55.8 Å². The lowest BCUT2D eigenvalue weighted by atomic mass is 10.2. The Balaban J connectivity index is 1.99. The summed E-state index contributed by atoms with van der Waals surface area (Å²) in [5.41, 5.74) is 1.06. The van der Waals surface area contributed by atoms with Gasteiger partial charge in [0, 0.05) is 14.5 Å². The summed E-state index contributed by atoms with van der Waals surface area (Å²) in [6, 6.07) is 12.1. The van der Waals surface area contributed by atoms with Crippen LogP contribution in [-0.2, 0) is 0 Å². The van der Waals surface area contributed by atoms with Gasteiger partial charge in [-0.2, -0.15) is 0 Å². The Labute approximate surface area is 131 Å². The molecule has 2 aromatic carbocycles. The Morgan fingerprint density at radius 2 is 1.50 bits per heavy atom. The van der Waals surface area contributed by atoms with Gasteiger partial charge < -0.3 is 4.42 Å². The van der Waals surface area contributed by atoms with Gasteiger partial charge in [0.1, 0.15) is 5.82 Å². The van der Waals surface area contributed by atoms with E-state index >= 15 is 0 Å². The minimum Gasteiger partial charge on any atom is -0.416 e. The number of halogens is 3. The summed E-state index contributed by atoms with van der Waals surface area (Å²) >= 11 is 6.56. The molecule has 0 saturated heterocycles. The lowest BCUT2D eigenvalue weighted by Crippen LogP contribution is -1.84. The maximum absolute atomic E-state index is 13.8. The normalized spacial score (nSPS) is 10.8. The second-order valence-electron chi connectivity index (χ2n) is 4.04. The molecule has 0 bridgehead atoms. The first-order valence-corrected chi connectivity index (χ1v) is 7.27. The molecule has 3 rings (SSSR count). The molecule has 0 unspecified atom stereocenters. The third-order valence-corrected chi connectivity index (χ3v) is 3.70. The number of hydrogen-bond acceptors (Lipinski definition) is 3. The van der Waals surface area contributed by atoms with Crippen LogP contribution in [-0.4, -0.2) is 10.2 Å². The molecule has 0 fully saturated rings.